The van der Waals surface area contributed by atoms with Crippen LogP contribution in [0.15, 0.2) is 48.5 Å². The number of carbonyl (C=O) groups is 2. The topological polar surface area (TPSA) is 93.9 Å². The number of anilines is 1. The molecule has 3 N–H and O–H groups in total. The van der Waals surface area contributed by atoms with Crippen LogP contribution in [0.1, 0.15) is 23.7 Å². The van der Waals surface area contributed by atoms with Gasteiger partial charge in [0.05, 0.1) is 7.11 Å². The molecule has 0 saturated carbocycles. The number of methoxy groups -OCH3 is 1. The highest BCUT2D eigenvalue weighted by atomic mass is 16.5. The van der Waals surface area contributed by atoms with Gasteiger partial charge in [-0.3, -0.25) is 9.59 Å². The van der Waals surface area contributed by atoms with E-state index in [1.165, 1.54) is 0 Å². The fourth-order valence-electron chi connectivity index (χ4n) is 3.50. The standard InChI is InChI=1S/C22H27N3O4/c1-15-10-16(12-23)13-25(15)22(27)17-6-8-19(9-7-17)29-14-21(26)24-18-4-3-5-20(11-18)28-2/h3-9,11,15-16H,10,12-14,23H2,1-2H3,(H,24,26). The van der Waals surface area contributed by atoms with E-state index in [0.717, 1.165) is 6.42 Å². The monoisotopic (exact) mass is 397 g/mol. The van der Waals surface area contributed by atoms with Crippen LogP contribution in [-0.2, 0) is 4.79 Å². The second kappa shape index (κ2) is 9.43. The van der Waals surface area contributed by atoms with Crippen LogP contribution in [0.2, 0.25) is 0 Å². The number of likely N-dealkylation sites (tertiary alicyclic amines) is 1. The van der Waals surface area contributed by atoms with Gasteiger partial charge >= 0.3 is 0 Å². The summed E-state index contributed by atoms with van der Waals surface area (Å²) in [5, 5.41) is 2.75. The minimum atomic E-state index is -0.280. The van der Waals surface area contributed by atoms with E-state index < -0.39 is 0 Å². The summed E-state index contributed by atoms with van der Waals surface area (Å²) in [6.07, 6.45) is 0.936. The summed E-state index contributed by atoms with van der Waals surface area (Å²) < 4.78 is 10.7. The van der Waals surface area contributed by atoms with E-state index in [-0.39, 0.29) is 24.5 Å². The first-order valence-corrected chi connectivity index (χ1v) is 9.68. The molecule has 2 aromatic carbocycles. The van der Waals surface area contributed by atoms with Gasteiger partial charge in [-0.25, -0.2) is 0 Å². The molecule has 1 aliphatic rings. The lowest BCUT2D eigenvalue weighted by molar-refractivity contribution is -0.118. The Balaban J connectivity index is 1.52. The van der Waals surface area contributed by atoms with Crippen LogP contribution in [0.5, 0.6) is 11.5 Å². The summed E-state index contributed by atoms with van der Waals surface area (Å²) in [5.41, 5.74) is 6.98. The minimum absolute atomic E-state index is 0.00392. The zero-order valence-corrected chi connectivity index (χ0v) is 16.8. The van der Waals surface area contributed by atoms with Gasteiger partial charge in [-0.15, -0.1) is 0 Å². The number of carbonyl (C=O) groups excluding carboxylic acids is 2. The number of rotatable bonds is 7. The molecule has 1 aliphatic heterocycles. The second-order valence-corrected chi connectivity index (χ2v) is 7.24. The van der Waals surface area contributed by atoms with E-state index in [0.29, 0.717) is 41.8 Å². The Kier molecular flexibility index (Phi) is 6.72. The van der Waals surface area contributed by atoms with Crippen molar-refractivity contribution in [2.24, 2.45) is 11.7 Å². The van der Waals surface area contributed by atoms with E-state index in [2.05, 4.69) is 5.32 Å². The number of nitrogens with two attached hydrogens (primary N) is 1. The van der Waals surface area contributed by atoms with Crippen LogP contribution in [0.25, 0.3) is 0 Å². The zero-order chi connectivity index (χ0) is 20.8. The Bertz CT molecular complexity index is 853. The van der Waals surface area contributed by atoms with Crippen molar-refractivity contribution in [1.82, 2.24) is 4.90 Å². The molecule has 1 heterocycles. The first kappa shape index (κ1) is 20.7. The number of nitrogens with zero attached hydrogens (tertiary/aromatic N) is 1. The molecule has 2 unspecified atom stereocenters. The minimum Gasteiger partial charge on any atom is -0.497 e. The van der Waals surface area contributed by atoms with Crippen LogP contribution in [-0.4, -0.2) is 49.6 Å². The third-order valence-electron chi connectivity index (χ3n) is 5.08. The van der Waals surface area contributed by atoms with Crippen LogP contribution in [0, 0.1) is 5.92 Å². The highest BCUT2D eigenvalue weighted by molar-refractivity contribution is 5.95. The number of nitrogens with one attached hydrogen (secondary N) is 1. The molecule has 7 heteroatoms. The molecular formula is C22H27N3O4. The van der Waals surface area contributed by atoms with Gasteiger partial charge in [0.1, 0.15) is 11.5 Å². The molecule has 7 nitrogen and oxygen atoms in total. The molecule has 3 rings (SSSR count). The van der Waals surface area contributed by atoms with E-state index >= 15 is 0 Å². The number of hydrogen-bond donors (Lipinski definition) is 2. The molecule has 0 aromatic heterocycles. The summed E-state index contributed by atoms with van der Waals surface area (Å²) in [7, 11) is 1.57. The third kappa shape index (κ3) is 5.26. The molecule has 0 radical (unpaired) electrons. The maximum absolute atomic E-state index is 12.7. The van der Waals surface area contributed by atoms with E-state index in [9.17, 15) is 9.59 Å². The highest BCUT2D eigenvalue weighted by Crippen LogP contribution is 2.25. The first-order valence-electron chi connectivity index (χ1n) is 9.68. The van der Waals surface area contributed by atoms with E-state index in [1.807, 2.05) is 11.8 Å². The molecule has 0 spiro atoms. The number of amides is 2. The predicted molar refractivity (Wildman–Crippen MR) is 111 cm³/mol. The Morgan fingerprint density at radius 1 is 1.17 bits per heavy atom. The smallest absolute Gasteiger partial charge is 0.262 e. The van der Waals surface area contributed by atoms with Gasteiger partial charge in [-0.1, -0.05) is 6.07 Å². The molecular weight excluding hydrogens is 370 g/mol. The maximum atomic E-state index is 12.7. The SMILES string of the molecule is COc1cccc(NC(=O)COc2ccc(C(=O)N3CC(CN)CC3C)cc2)c1. The fraction of sp³-hybridized carbons (Fsp3) is 0.364. The van der Waals surface area contributed by atoms with Gasteiger partial charge < -0.3 is 25.4 Å². The largest absolute Gasteiger partial charge is 0.497 e. The van der Waals surface area contributed by atoms with E-state index in [4.69, 9.17) is 15.2 Å². The molecule has 2 aromatic rings. The average molecular weight is 397 g/mol. The molecule has 0 aliphatic carbocycles. The molecule has 29 heavy (non-hydrogen) atoms. The van der Waals surface area contributed by atoms with Crippen LogP contribution < -0.4 is 20.5 Å². The summed E-state index contributed by atoms with van der Waals surface area (Å²) in [4.78, 5) is 26.7. The summed E-state index contributed by atoms with van der Waals surface area (Å²) >= 11 is 0. The van der Waals surface area contributed by atoms with Crippen molar-refractivity contribution in [2.45, 2.75) is 19.4 Å². The van der Waals surface area contributed by atoms with Crippen molar-refractivity contribution in [3.8, 4) is 11.5 Å². The Labute approximate surface area is 170 Å². The summed E-state index contributed by atoms with van der Waals surface area (Å²) in [6, 6.07) is 14.1. The van der Waals surface area contributed by atoms with Crippen molar-refractivity contribution in [3.05, 3.63) is 54.1 Å². The number of hydrogen-bond acceptors (Lipinski definition) is 5. The lowest BCUT2D eigenvalue weighted by Gasteiger charge is -2.21. The summed E-state index contributed by atoms with van der Waals surface area (Å²) in [5.74, 6) is 1.26. The van der Waals surface area contributed by atoms with Gasteiger partial charge in [0, 0.05) is 29.9 Å². The normalized spacial score (nSPS) is 18.4. The van der Waals surface area contributed by atoms with Crippen molar-refractivity contribution >= 4 is 17.5 Å². The van der Waals surface area contributed by atoms with Crippen LogP contribution >= 0.6 is 0 Å². The van der Waals surface area contributed by atoms with Gasteiger partial charge in [-0.05, 0) is 62.2 Å². The lowest BCUT2D eigenvalue weighted by Crippen LogP contribution is -2.34. The summed E-state index contributed by atoms with van der Waals surface area (Å²) in [6.45, 7) is 3.20. The molecule has 0 bridgehead atoms. The van der Waals surface area contributed by atoms with Crippen LogP contribution in [0.3, 0.4) is 0 Å². The second-order valence-electron chi connectivity index (χ2n) is 7.24. The Hall–Kier alpha value is -3.06. The first-order chi connectivity index (χ1) is 14.0. The lowest BCUT2D eigenvalue weighted by atomic mass is 10.1. The van der Waals surface area contributed by atoms with Crippen molar-refractivity contribution in [2.75, 3.05) is 32.1 Å². The third-order valence-corrected chi connectivity index (χ3v) is 5.08. The quantitative estimate of drug-likeness (QED) is 0.749. The molecule has 2 amide bonds. The Morgan fingerprint density at radius 3 is 2.59 bits per heavy atom. The van der Waals surface area contributed by atoms with Gasteiger partial charge in [0.2, 0.25) is 0 Å². The average Bonchev–Trinajstić information content (AvgIpc) is 3.13. The highest BCUT2D eigenvalue weighted by Gasteiger charge is 2.32. The molecule has 154 valence electrons. The van der Waals surface area contributed by atoms with Crippen molar-refractivity contribution in [1.29, 1.82) is 0 Å². The van der Waals surface area contributed by atoms with Crippen molar-refractivity contribution in [3.63, 3.8) is 0 Å². The molecule has 2 atom stereocenters. The predicted octanol–water partition coefficient (Wildman–Crippen LogP) is 2.52. The van der Waals surface area contributed by atoms with Gasteiger partial charge in [0.25, 0.3) is 11.8 Å². The Morgan fingerprint density at radius 2 is 1.93 bits per heavy atom. The van der Waals surface area contributed by atoms with Crippen molar-refractivity contribution < 1.29 is 19.1 Å². The molecule has 1 saturated heterocycles. The molecule has 1 fully saturated rings. The van der Waals surface area contributed by atoms with Gasteiger partial charge in [-0.2, -0.15) is 0 Å². The van der Waals surface area contributed by atoms with E-state index in [1.54, 1.807) is 55.6 Å². The zero-order valence-electron chi connectivity index (χ0n) is 16.8. The number of ether oxygens (including phenoxy) is 2. The fourth-order valence-corrected chi connectivity index (χ4v) is 3.50. The maximum Gasteiger partial charge on any atom is 0.262 e. The van der Waals surface area contributed by atoms with Gasteiger partial charge in [0.15, 0.2) is 6.61 Å². The number of benzene rings is 2. The van der Waals surface area contributed by atoms with Crippen LogP contribution in [0.4, 0.5) is 5.69 Å².